The maximum Gasteiger partial charge on any atom is 0.256 e. The third-order valence-corrected chi connectivity index (χ3v) is 5.55. The summed E-state index contributed by atoms with van der Waals surface area (Å²) in [7, 11) is 1.59. The van der Waals surface area contributed by atoms with E-state index in [2.05, 4.69) is 15.3 Å². The average Bonchev–Trinajstić information content (AvgIpc) is 3.32. The fraction of sp³-hybridized carbons (Fsp3) is 0.0357. The molecule has 0 radical (unpaired) electrons. The van der Waals surface area contributed by atoms with E-state index in [1.807, 2.05) is 42.5 Å². The number of carbonyl (C=O) groups excluding carboxylic acids is 2. The summed E-state index contributed by atoms with van der Waals surface area (Å²) in [5.41, 5.74) is 4.45. The molecule has 0 atom stereocenters. The van der Waals surface area contributed by atoms with E-state index in [1.54, 1.807) is 61.7 Å². The highest BCUT2D eigenvalue weighted by Crippen LogP contribution is 2.26. The van der Waals surface area contributed by atoms with Crippen molar-refractivity contribution in [3.05, 3.63) is 114 Å². The summed E-state index contributed by atoms with van der Waals surface area (Å²) in [5.74, 6) is 0.963. The predicted octanol–water partition coefficient (Wildman–Crippen LogP) is 5.72. The van der Waals surface area contributed by atoms with Crippen molar-refractivity contribution in [1.29, 1.82) is 0 Å². The van der Waals surface area contributed by atoms with Gasteiger partial charge in [0.15, 0.2) is 5.78 Å². The molecule has 0 aliphatic rings. The molecule has 0 aliphatic carbocycles. The Balaban J connectivity index is 1.45. The van der Waals surface area contributed by atoms with Gasteiger partial charge >= 0.3 is 0 Å². The Labute approximate surface area is 196 Å². The first-order valence-corrected chi connectivity index (χ1v) is 10.8. The number of aromatic nitrogens is 2. The molecule has 6 nitrogen and oxygen atoms in total. The molecular weight excluding hydrogens is 426 g/mol. The minimum Gasteiger partial charge on any atom is -0.497 e. The van der Waals surface area contributed by atoms with Crippen LogP contribution in [0.5, 0.6) is 5.75 Å². The van der Waals surface area contributed by atoms with Gasteiger partial charge in [0.2, 0.25) is 0 Å². The lowest BCUT2D eigenvalue weighted by Gasteiger charge is -2.09. The van der Waals surface area contributed by atoms with Gasteiger partial charge in [0, 0.05) is 22.4 Å². The molecule has 34 heavy (non-hydrogen) atoms. The van der Waals surface area contributed by atoms with Crippen molar-refractivity contribution in [3.63, 3.8) is 0 Å². The van der Waals surface area contributed by atoms with Gasteiger partial charge < -0.3 is 15.0 Å². The van der Waals surface area contributed by atoms with Crippen molar-refractivity contribution < 1.29 is 14.3 Å². The molecule has 0 aliphatic heterocycles. The van der Waals surface area contributed by atoms with Crippen molar-refractivity contribution in [2.24, 2.45) is 0 Å². The van der Waals surface area contributed by atoms with Gasteiger partial charge in [-0.05, 0) is 48.5 Å². The van der Waals surface area contributed by atoms with E-state index in [1.165, 1.54) is 0 Å². The Bertz CT molecular complexity index is 1490. The Morgan fingerprint density at radius 3 is 2.32 bits per heavy atom. The number of ether oxygens (including phenoxy) is 1. The number of rotatable bonds is 6. The number of H-pyrrole nitrogens is 1. The standard InChI is InChI=1S/C28H21N3O3/c1-34-21-14-12-20(13-15-21)29-28(33)23-10-6-5-9-22(23)27-30-24-16-11-19(17-25(24)31-27)26(32)18-7-3-2-4-8-18/h2-17H,1H3,(H,29,33)(H,30,31). The molecule has 0 fully saturated rings. The van der Waals surface area contributed by atoms with Crippen LogP contribution in [0.3, 0.4) is 0 Å². The van der Waals surface area contributed by atoms with Gasteiger partial charge in [-0.3, -0.25) is 9.59 Å². The van der Waals surface area contributed by atoms with E-state index in [0.717, 1.165) is 5.52 Å². The zero-order valence-electron chi connectivity index (χ0n) is 18.4. The first-order chi connectivity index (χ1) is 16.6. The van der Waals surface area contributed by atoms with Crippen LogP contribution >= 0.6 is 0 Å². The smallest absolute Gasteiger partial charge is 0.256 e. The highest BCUT2D eigenvalue weighted by atomic mass is 16.5. The van der Waals surface area contributed by atoms with E-state index in [0.29, 0.717) is 45.0 Å². The van der Waals surface area contributed by atoms with Crippen LogP contribution in [0, 0.1) is 0 Å². The van der Waals surface area contributed by atoms with E-state index in [9.17, 15) is 9.59 Å². The number of fused-ring (bicyclic) bond motifs is 1. The number of benzene rings is 4. The number of hydrogen-bond acceptors (Lipinski definition) is 4. The highest BCUT2D eigenvalue weighted by molar-refractivity contribution is 6.11. The van der Waals surface area contributed by atoms with Crippen molar-refractivity contribution in [3.8, 4) is 17.1 Å². The number of hydrogen-bond donors (Lipinski definition) is 2. The molecule has 0 spiro atoms. The zero-order chi connectivity index (χ0) is 23.5. The van der Waals surface area contributed by atoms with Gasteiger partial charge in [-0.1, -0.05) is 48.5 Å². The number of methoxy groups -OCH3 is 1. The summed E-state index contributed by atoms with van der Waals surface area (Å²) < 4.78 is 5.17. The topological polar surface area (TPSA) is 84.1 Å². The van der Waals surface area contributed by atoms with Crippen LogP contribution in [0.2, 0.25) is 0 Å². The molecule has 4 aromatic carbocycles. The number of nitrogens with zero attached hydrogens (tertiary/aromatic N) is 1. The van der Waals surface area contributed by atoms with E-state index >= 15 is 0 Å². The van der Waals surface area contributed by atoms with E-state index in [-0.39, 0.29) is 11.7 Å². The Morgan fingerprint density at radius 2 is 1.56 bits per heavy atom. The molecule has 1 heterocycles. The van der Waals surface area contributed by atoms with Crippen LogP contribution < -0.4 is 10.1 Å². The Morgan fingerprint density at radius 1 is 0.824 bits per heavy atom. The number of imidazole rings is 1. The molecule has 0 saturated carbocycles. The number of ketones is 1. The SMILES string of the molecule is COc1ccc(NC(=O)c2ccccc2-c2nc3ccc(C(=O)c4ccccc4)cc3[nH]2)cc1. The maximum absolute atomic E-state index is 13.0. The quantitative estimate of drug-likeness (QED) is 0.326. The van der Waals surface area contributed by atoms with Gasteiger partial charge in [0.1, 0.15) is 11.6 Å². The van der Waals surface area contributed by atoms with Gasteiger partial charge in [0.25, 0.3) is 5.91 Å². The van der Waals surface area contributed by atoms with Crippen LogP contribution in [0.25, 0.3) is 22.4 Å². The largest absolute Gasteiger partial charge is 0.497 e. The van der Waals surface area contributed by atoms with Gasteiger partial charge in [-0.15, -0.1) is 0 Å². The van der Waals surface area contributed by atoms with Crippen molar-refractivity contribution in [2.45, 2.75) is 0 Å². The lowest BCUT2D eigenvalue weighted by atomic mass is 10.0. The van der Waals surface area contributed by atoms with E-state index in [4.69, 9.17) is 4.74 Å². The molecule has 5 rings (SSSR count). The van der Waals surface area contributed by atoms with Crippen LogP contribution in [0.4, 0.5) is 5.69 Å². The zero-order valence-corrected chi connectivity index (χ0v) is 18.4. The van der Waals surface area contributed by atoms with Gasteiger partial charge in [-0.25, -0.2) is 4.98 Å². The molecule has 1 aromatic heterocycles. The molecule has 5 aromatic rings. The second-order valence-corrected chi connectivity index (χ2v) is 7.74. The first-order valence-electron chi connectivity index (χ1n) is 10.8. The van der Waals surface area contributed by atoms with E-state index < -0.39 is 0 Å². The molecule has 6 heteroatoms. The molecule has 0 saturated heterocycles. The monoisotopic (exact) mass is 447 g/mol. The summed E-state index contributed by atoms with van der Waals surface area (Å²) in [6, 6.07) is 28.9. The van der Waals surface area contributed by atoms with Gasteiger partial charge in [0.05, 0.1) is 23.7 Å². The van der Waals surface area contributed by atoms with Crippen molar-refractivity contribution in [1.82, 2.24) is 9.97 Å². The summed E-state index contributed by atoms with van der Waals surface area (Å²) in [5, 5.41) is 2.91. The van der Waals surface area contributed by atoms with Crippen molar-refractivity contribution in [2.75, 3.05) is 12.4 Å². The van der Waals surface area contributed by atoms with Crippen LogP contribution in [-0.4, -0.2) is 28.8 Å². The fourth-order valence-corrected chi connectivity index (χ4v) is 3.80. The molecule has 0 bridgehead atoms. The lowest BCUT2D eigenvalue weighted by Crippen LogP contribution is -2.13. The fourth-order valence-electron chi connectivity index (χ4n) is 3.80. The summed E-state index contributed by atoms with van der Waals surface area (Å²) >= 11 is 0. The molecular formula is C28H21N3O3. The summed E-state index contributed by atoms with van der Waals surface area (Å²) in [6.07, 6.45) is 0. The highest BCUT2D eigenvalue weighted by Gasteiger charge is 2.17. The maximum atomic E-state index is 13.0. The normalized spacial score (nSPS) is 10.7. The second kappa shape index (κ2) is 9.03. The number of carbonyl (C=O) groups is 2. The number of aromatic amines is 1. The van der Waals surface area contributed by atoms with Crippen LogP contribution in [0.1, 0.15) is 26.3 Å². The predicted molar refractivity (Wildman–Crippen MR) is 132 cm³/mol. The summed E-state index contributed by atoms with van der Waals surface area (Å²) in [6.45, 7) is 0. The van der Waals surface area contributed by atoms with Crippen LogP contribution in [0.15, 0.2) is 97.1 Å². The molecule has 166 valence electrons. The van der Waals surface area contributed by atoms with Crippen LogP contribution in [-0.2, 0) is 0 Å². The van der Waals surface area contributed by atoms with Gasteiger partial charge in [-0.2, -0.15) is 0 Å². The molecule has 2 N–H and O–H groups in total. The number of anilines is 1. The minimum atomic E-state index is -0.249. The first kappa shape index (κ1) is 21.2. The minimum absolute atomic E-state index is 0.0575. The third kappa shape index (κ3) is 4.17. The lowest BCUT2D eigenvalue weighted by molar-refractivity contribution is 0.102. The number of amides is 1. The molecule has 0 unspecified atom stereocenters. The average molecular weight is 447 g/mol. The number of nitrogens with one attached hydrogen (secondary N) is 2. The second-order valence-electron chi connectivity index (χ2n) is 7.74. The third-order valence-electron chi connectivity index (χ3n) is 5.55. The Kier molecular flexibility index (Phi) is 5.62. The Hall–Kier alpha value is -4.71. The molecule has 1 amide bonds. The van der Waals surface area contributed by atoms with Crippen molar-refractivity contribution >= 4 is 28.4 Å². The summed E-state index contributed by atoms with van der Waals surface area (Å²) in [4.78, 5) is 33.8.